The normalized spacial score (nSPS) is 12.6. The Labute approximate surface area is 127 Å². The monoisotopic (exact) mass is 352 g/mol. The Balaban J connectivity index is 1.82. The number of hydrogen-bond acceptors (Lipinski definition) is 4. The molecule has 0 aliphatic rings. The van der Waals surface area contributed by atoms with Gasteiger partial charge >= 0.3 is 20.6 Å². The molecule has 0 bridgehead atoms. The average molecular weight is 352 g/mol. The van der Waals surface area contributed by atoms with Crippen LogP contribution in [-0.4, -0.2) is 33.9 Å². The molecular formula is C10H16N4O6S2+2. The zero-order valence-corrected chi connectivity index (χ0v) is 13.1. The molecule has 22 heavy (non-hydrogen) atoms. The highest BCUT2D eigenvalue weighted by atomic mass is 32.2. The van der Waals surface area contributed by atoms with E-state index in [1.807, 2.05) is 0 Å². The van der Waals surface area contributed by atoms with Crippen molar-refractivity contribution >= 4 is 20.6 Å². The lowest BCUT2D eigenvalue weighted by atomic mass is 10.3. The summed E-state index contributed by atoms with van der Waals surface area (Å²) >= 11 is 0. The number of nitrogens with zero attached hydrogens (tertiary/aromatic N) is 4. The molecule has 0 aromatic carbocycles. The lowest BCUT2D eigenvalue weighted by Gasteiger charge is -1.96. The minimum absolute atomic E-state index is 0.544. The van der Waals surface area contributed by atoms with Crippen molar-refractivity contribution in [3.8, 4) is 0 Å². The number of rotatable bonds is 7. The largest absolute Gasteiger partial charge is 0.439 e. The van der Waals surface area contributed by atoms with Crippen LogP contribution in [0, 0.1) is 0 Å². The smallest absolute Gasteiger partial charge is 0.251 e. The predicted octanol–water partition coefficient (Wildman–Crippen LogP) is -1.35. The van der Waals surface area contributed by atoms with Crippen LogP contribution in [0.1, 0.15) is 12.8 Å². The van der Waals surface area contributed by atoms with Crippen LogP contribution in [0.3, 0.4) is 0 Å². The zero-order valence-electron chi connectivity index (χ0n) is 11.4. The summed E-state index contributed by atoms with van der Waals surface area (Å²) in [5, 5.41) is 0. The van der Waals surface area contributed by atoms with Crippen LogP contribution < -0.4 is 9.13 Å². The van der Waals surface area contributed by atoms with Crippen LogP contribution in [-0.2, 0) is 33.7 Å². The molecule has 2 N–H and O–H groups in total. The second-order valence-corrected chi connectivity index (χ2v) is 7.26. The van der Waals surface area contributed by atoms with Gasteiger partial charge in [-0.1, -0.05) is 0 Å². The molecule has 0 unspecified atom stereocenters. The molecule has 0 fully saturated rings. The van der Waals surface area contributed by atoms with Crippen LogP contribution in [0.25, 0.3) is 0 Å². The van der Waals surface area contributed by atoms with E-state index in [1.54, 1.807) is 9.13 Å². The minimum Gasteiger partial charge on any atom is -0.251 e. The van der Waals surface area contributed by atoms with Crippen LogP contribution in [0.4, 0.5) is 0 Å². The number of hydrogen-bond donors (Lipinski definition) is 2. The van der Waals surface area contributed by atoms with Gasteiger partial charge in [-0.05, 0) is 12.8 Å². The van der Waals surface area contributed by atoms with Gasteiger partial charge in [0, 0.05) is 0 Å². The van der Waals surface area contributed by atoms with Crippen molar-refractivity contribution < 1.29 is 35.1 Å². The lowest BCUT2D eigenvalue weighted by molar-refractivity contribution is -0.707. The molecule has 0 saturated carbocycles. The first-order chi connectivity index (χ1) is 10.2. The first kappa shape index (κ1) is 16.6. The Morgan fingerprint density at radius 2 is 1.14 bits per heavy atom. The van der Waals surface area contributed by atoms with E-state index in [4.69, 9.17) is 9.11 Å². The van der Waals surface area contributed by atoms with Gasteiger partial charge in [0.15, 0.2) is 0 Å². The van der Waals surface area contributed by atoms with Crippen molar-refractivity contribution in [3.05, 3.63) is 37.4 Å². The maximum absolute atomic E-state index is 10.9. The highest BCUT2D eigenvalue weighted by Crippen LogP contribution is 1.95. The third kappa shape index (κ3) is 4.37. The van der Waals surface area contributed by atoms with Crippen molar-refractivity contribution in [3.63, 3.8) is 0 Å². The van der Waals surface area contributed by atoms with Crippen molar-refractivity contribution in [2.24, 2.45) is 0 Å². The maximum Gasteiger partial charge on any atom is 0.439 e. The summed E-state index contributed by atoms with van der Waals surface area (Å²) < 4.78 is 65.8. The van der Waals surface area contributed by atoms with Crippen LogP contribution in [0.15, 0.2) is 37.4 Å². The summed E-state index contributed by atoms with van der Waals surface area (Å²) in [4.78, 5) is 0. The van der Waals surface area contributed by atoms with Crippen LogP contribution in [0.2, 0.25) is 0 Å². The van der Waals surface area contributed by atoms with Gasteiger partial charge in [-0.2, -0.15) is 16.8 Å². The van der Waals surface area contributed by atoms with Gasteiger partial charge < -0.3 is 0 Å². The molecule has 2 heterocycles. The summed E-state index contributed by atoms with van der Waals surface area (Å²) in [7, 11) is -8.52. The Kier molecular flexibility index (Phi) is 4.65. The van der Waals surface area contributed by atoms with E-state index in [-0.39, 0.29) is 0 Å². The first-order valence-electron chi connectivity index (χ1n) is 6.26. The van der Waals surface area contributed by atoms with Gasteiger partial charge in [-0.25, -0.2) is 9.13 Å². The number of imidazole rings is 2. The molecule has 10 nitrogen and oxygen atoms in total. The van der Waals surface area contributed by atoms with Gasteiger partial charge in [0.2, 0.25) is 0 Å². The summed E-state index contributed by atoms with van der Waals surface area (Å²) in [6.45, 7) is 1.09. The fraction of sp³-hybridized carbons (Fsp3) is 0.400. The number of unbranched alkanes of at least 4 members (excludes halogenated alkanes) is 1. The third-order valence-corrected chi connectivity index (χ3v) is 4.45. The van der Waals surface area contributed by atoms with E-state index >= 15 is 0 Å². The minimum atomic E-state index is -4.26. The fourth-order valence-electron chi connectivity index (χ4n) is 1.88. The molecule has 12 heteroatoms. The third-order valence-electron chi connectivity index (χ3n) is 2.95. The SMILES string of the molecule is O=S(=O)(O)n1cc[n+](CCCC[n+]2ccn(S(=O)(=O)O)c2)c1. The summed E-state index contributed by atoms with van der Waals surface area (Å²) in [5.74, 6) is 0. The number of aromatic nitrogens is 4. The quantitative estimate of drug-likeness (QED) is 0.360. The average Bonchev–Trinajstić information content (AvgIpc) is 3.02. The Morgan fingerprint density at radius 3 is 1.41 bits per heavy atom. The van der Waals surface area contributed by atoms with E-state index in [9.17, 15) is 16.8 Å². The van der Waals surface area contributed by atoms with E-state index in [2.05, 4.69) is 0 Å². The van der Waals surface area contributed by atoms with E-state index in [1.165, 1.54) is 37.4 Å². The van der Waals surface area contributed by atoms with Gasteiger partial charge in [0.05, 0.1) is 13.1 Å². The van der Waals surface area contributed by atoms with Gasteiger partial charge in [-0.3, -0.25) is 9.11 Å². The number of aryl methyl sites for hydroxylation is 2. The van der Waals surface area contributed by atoms with Crippen molar-refractivity contribution in [1.82, 2.24) is 7.94 Å². The zero-order chi connectivity index (χ0) is 16.4. The molecule has 0 spiro atoms. The Bertz CT molecular complexity index is 779. The highest BCUT2D eigenvalue weighted by Gasteiger charge is 2.16. The molecule has 0 radical (unpaired) electrons. The molecule has 0 atom stereocenters. The molecule has 0 amide bonds. The van der Waals surface area contributed by atoms with Crippen LogP contribution >= 0.6 is 0 Å². The van der Waals surface area contributed by atoms with Crippen LogP contribution in [0.5, 0.6) is 0 Å². The van der Waals surface area contributed by atoms with E-state index < -0.39 is 20.6 Å². The van der Waals surface area contributed by atoms with E-state index in [0.717, 1.165) is 0 Å². The van der Waals surface area contributed by atoms with Gasteiger partial charge in [-0.15, -0.1) is 7.94 Å². The van der Waals surface area contributed by atoms with Crippen molar-refractivity contribution in [1.29, 1.82) is 0 Å². The van der Waals surface area contributed by atoms with Gasteiger partial charge in [0.25, 0.3) is 12.7 Å². The van der Waals surface area contributed by atoms with E-state index in [0.29, 0.717) is 33.9 Å². The maximum atomic E-state index is 10.9. The highest BCUT2D eigenvalue weighted by molar-refractivity contribution is 7.84. The summed E-state index contributed by atoms with van der Waals surface area (Å²) in [6, 6.07) is 0. The molecule has 2 aromatic rings. The molecule has 0 aliphatic carbocycles. The first-order valence-corrected chi connectivity index (χ1v) is 9.06. The van der Waals surface area contributed by atoms with Gasteiger partial charge in [0.1, 0.15) is 24.8 Å². The molecule has 0 aliphatic heterocycles. The fourth-order valence-corrected chi connectivity index (χ4v) is 2.77. The topological polar surface area (TPSA) is 126 Å². The molecule has 2 rings (SSSR count). The summed E-state index contributed by atoms with van der Waals surface area (Å²) in [6.07, 6.45) is 9.46. The Morgan fingerprint density at radius 1 is 0.773 bits per heavy atom. The molecule has 0 saturated heterocycles. The second kappa shape index (κ2) is 6.16. The van der Waals surface area contributed by atoms with Crippen molar-refractivity contribution in [2.75, 3.05) is 0 Å². The summed E-state index contributed by atoms with van der Waals surface area (Å²) in [5.41, 5.74) is 0. The second-order valence-electron chi connectivity index (χ2n) is 4.63. The molecule has 2 aromatic heterocycles. The molecule has 122 valence electrons. The Hall–Kier alpha value is -1.76. The predicted molar refractivity (Wildman–Crippen MR) is 72.4 cm³/mol. The standard InChI is InChI=1S/C10H14N4O6S2/c15-21(16,17)13-7-5-11(9-13)3-1-2-4-12-6-8-14(10-12)22(18,19)20/h5-10H,1-4H2/p+2. The lowest BCUT2D eigenvalue weighted by Crippen LogP contribution is -2.34. The molecular weight excluding hydrogens is 336 g/mol. The van der Waals surface area contributed by atoms with Crippen molar-refractivity contribution in [2.45, 2.75) is 25.9 Å².